The van der Waals surface area contributed by atoms with Crippen molar-refractivity contribution in [1.82, 2.24) is 10.3 Å². The maximum atomic E-state index is 12.0. The Kier molecular flexibility index (Phi) is 7.26. The van der Waals surface area contributed by atoms with Crippen molar-refractivity contribution in [3.63, 3.8) is 0 Å². The third-order valence-electron chi connectivity index (χ3n) is 3.46. The maximum absolute atomic E-state index is 12.0. The van der Waals surface area contributed by atoms with Crippen molar-refractivity contribution in [3.05, 3.63) is 66.0 Å². The number of aliphatic hydroxyl groups is 1. The van der Waals surface area contributed by atoms with Crippen LogP contribution >= 0.6 is 0 Å². The number of carbonyl (C=O) groups is 1. The van der Waals surface area contributed by atoms with Crippen molar-refractivity contribution in [1.29, 1.82) is 0 Å². The summed E-state index contributed by atoms with van der Waals surface area (Å²) in [6.07, 6.45) is 5.81. The molecule has 1 aromatic heterocycles. The van der Waals surface area contributed by atoms with Crippen LogP contribution in [-0.2, 0) is 0 Å². The van der Waals surface area contributed by atoms with Crippen LogP contribution < -0.4 is 5.32 Å². The molecule has 0 radical (unpaired) electrons. The molecule has 22 heavy (non-hydrogen) atoms. The van der Waals surface area contributed by atoms with Gasteiger partial charge in [0.05, 0.1) is 6.10 Å². The van der Waals surface area contributed by atoms with Crippen LogP contribution in [0.3, 0.4) is 0 Å². The lowest BCUT2D eigenvalue weighted by atomic mass is 10.0. The van der Waals surface area contributed by atoms with Gasteiger partial charge in [0.2, 0.25) is 0 Å². The number of hydrogen-bond donors (Lipinski definition) is 2. The number of nitrogens with one attached hydrogen (secondary N) is 1. The van der Waals surface area contributed by atoms with Gasteiger partial charge in [0.1, 0.15) is 0 Å². The number of aromatic nitrogens is 1. The molecule has 1 aromatic rings. The largest absolute Gasteiger partial charge is 0.391 e. The molecule has 2 N–H and O–H groups in total. The number of nitrogens with zero attached hydrogens (tertiary/aromatic N) is 1. The van der Waals surface area contributed by atoms with Gasteiger partial charge in [-0.3, -0.25) is 9.78 Å². The van der Waals surface area contributed by atoms with E-state index in [0.717, 1.165) is 16.8 Å². The number of aryl methyl sites for hydroxylation is 1. The van der Waals surface area contributed by atoms with Crippen LogP contribution in [0.2, 0.25) is 0 Å². The third-order valence-corrected chi connectivity index (χ3v) is 3.46. The molecule has 0 aliphatic carbocycles. The Morgan fingerprint density at radius 1 is 1.45 bits per heavy atom. The van der Waals surface area contributed by atoms with Gasteiger partial charge in [-0.1, -0.05) is 25.3 Å². The molecule has 4 nitrogen and oxygen atoms in total. The van der Waals surface area contributed by atoms with Crippen LogP contribution in [0.5, 0.6) is 0 Å². The summed E-state index contributed by atoms with van der Waals surface area (Å²) in [4.78, 5) is 16.0. The molecule has 0 saturated carbocycles. The lowest BCUT2D eigenvalue weighted by molar-refractivity contribution is 0.0911. The number of rotatable bonds is 8. The summed E-state index contributed by atoms with van der Waals surface area (Å²) in [5.74, 6) is -0.202. The molecule has 0 aromatic carbocycles. The van der Waals surface area contributed by atoms with E-state index in [1.165, 1.54) is 0 Å². The molecule has 1 rings (SSSR count). The topological polar surface area (TPSA) is 62.2 Å². The Morgan fingerprint density at radius 2 is 2.18 bits per heavy atom. The second-order valence-corrected chi connectivity index (χ2v) is 5.20. The Balaban J connectivity index is 2.46. The van der Waals surface area contributed by atoms with Crippen LogP contribution in [0.15, 0.2) is 54.8 Å². The minimum Gasteiger partial charge on any atom is -0.391 e. The fraction of sp³-hybridized carbons (Fsp3) is 0.333. The third kappa shape index (κ3) is 5.66. The van der Waals surface area contributed by atoms with E-state index >= 15 is 0 Å². The fourth-order valence-electron chi connectivity index (χ4n) is 2.01. The number of hydrogen-bond acceptors (Lipinski definition) is 3. The lowest BCUT2D eigenvalue weighted by Gasteiger charge is -2.13. The molecule has 0 saturated heterocycles. The SMILES string of the molecule is C=C/C(C)=C(\C=C)CCC(O)CNC(=O)c1ccnc(C)c1. The van der Waals surface area contributed by atoms with Crippen LogP contribution in [0, 0.1) is 6.92 Å². The van der Waals surface area contributed by atoms with Crippen LogP contribution in [-0.4, -0.2) is 28.6 Å². The summed E-state index contributed by atoms with van der Waals surface area (Å²) >= 11 is 0. The van der Waals surface area contributed by atoms with E-state index in [1.54, 1.807) is 30.5 Å². The molecule has 4 heteroatoms. The molecular weight excluding hydrogens is 276 g/mol. The number of carbonyl (C=O) groups excluding carboxylic acids is 1. The number of amides is 1. The van der Waals surface area contributed by atoms with Crippen molar-refractivity contribution >= 4 is 5.91 Å². The van der Waals surface area contributed by atoms with Gasteiger partial charge in [-0.15, -0.1) is 0 Å². The first-order valence-corrected chi connectivity index (χ1v) is 7.31. The zero-order valence-electron chi connectivity index (χ0n) is 13.3. The first-order chi connectivity index (χ1) is 10.5. The highest BCUT2D eigenvalue weighted by molar-refractivity contribution is 5.94. The van der Waals surface area contributed by atoms with E-state index < -0.39 is 6.10 Å². The van der Waals surface area contributed by atoms with Gasteiger partial charge >= 0.3 is 0 Å². The molecule has 1 unspecified atom stereocenters. The van der Waals surface area contributed by atoms with E-state index in [-0.39, 0.29) is 12.5 Å². The number of aliphatic hydroxyl groups excluding tert-OH is 1. The fourth-order valence-corrected chi connectivity index (χ4v) is 2.01. The van der Waals surface area contributed by atoms with Gasteiger partial charge in [0, 0.05) is 24.0 Å². The smallest absolute Gasteiger partial charge is 0.251 e. The van der Waals surface area contributed by atoms with Crippen molar-refractivity contribution in [2.45, 2.75) is 32.8 Å². The zero-order chi connectivity index (χ0) is 16.5. The highest BCUT2D eigenvalue weighted by Crippen LogP contribution is 2.14. The Hall–Kier alpha value is -2.20. The Morgan fingerprint density at radius 3 is 2.77 bits per heavy atom. The molecule has 1 atom stereocenters. The second kappa shape index (κ2) is 8.95. The average molecular weight is 300 g/mol. The number of pyridine rings is 1. The van der Waals surface area contributed by atoms with Crippen LogP contribution in [0.25, 0.3) is 0 Å². The van der Waals surface area contributed by atoms with E-state index in [2.05, 4.69) is 23.5 Å². The molecule has 1 amide bonds. The molecular formula is C18H24N2O2. The molecule has 0 spiro atoms. The van der Waals surface area contributed by atoms with E-state index in [0.29, 0.717) is 18.4 Å². The molecule has 0 bridgehead atoms. The summed E-state index contributed by atoms with van der Waals surface area (Å²) in [7, 11) is 0. The average Bonchev–Trinajstić information content (AvgIpc) is 2.52. The summed E-state index contributed by atoms with van der Waals surface area (Å²) < 4.78 is 0. The van der Waals surface area contributed by atoms with Crippen LogP contribution in [0.4, 0.5) is 0 Å². The minimum absolute atomic E-state index is 0.202. The van der Waals surface area contributed by atoms with Crippen LogP contribution in [0.1, 0.15) is 35.8 Å². The molecule has 118 valence electrons. The number of allylic oxidation sites excluding steroid dienone is 4. The summed E-state index contributed by atoms with van der Waals surface area (Å²) in [6.45, 7) is 11.5. The van der Waals surface area contributed by atoms with Gasteiger partial charge < -0.3 is 10.4 Å². The Labute approximate surface area is 132 Å². The summed E-state index contributed by atoms with van der Waals surface area (Å²) in [5, 5.41) is 12.7. The van der Waals surface area contributed by atoms with E-state index in [1.807, 2.05) is 13.8 Å². The van der Waals surface area contributed by atoms with E-state index in [4.69, 9.17) is 0 Å². The Bertz CT molecular complexity index is 576. The lowest BCUT2D eigenvalue weighted by Crippen LogP contribution is -2.32. The quantitative estimate of drug-likeness (QED) is 0.726. The molecule has 0 aliphatic rings. The van der Waals surface area contributed by atoms with Crippen molar-refractivity contribution in [2.24, 2.45) is 0 Å². The first-order valence-electron chi connectivity index (χ1n) is 7.31. The predicted molar refractivity (Wildman–Crippen MR) is 89.6 cm³/mol. The van der Waals surface area contributed by atoms with Crippen molar-refractivity contribution < 1.29 is 9.90 Å². The van der Waals surface area contributed by atoms with Crippen molar-refractivity contribution in [2.75, 3.05) is 6.54 Å². The van der Waals surface area contributed by atoms with E-state index in [9.17, 15) is 9.90 Å². The van der Waals surface area contributed by atoms with Gasteiger partial charge in [-0.05, 0) is 50.0 Å². The minimum atomic E-state index is -0.598. The maximum Gasteiger partial charge on any atom is 0.251 e. The monoisotopic (exact) mass is 300 g/mol. The first kappa shape index (κ1) is 17.9. The normalized spacial score (nSPS) is 13.0. The van der Waals surface area contributed by atoms with Gasteiger partial charge in [0.25, 0.3) is 5.91 Å². The molecule has 0 aliphatic heterocycles. The highest BCUT2D eigenvalue weighted by Gasteiger charge is 2.10. The standard InChI is InChI=1S/C18H24N2O2/c1-5-13(3)15(6-2)7-8-17(21)12-20-18(22)16-9-10-19-14(4)11-16/h5-6,9-11,17,21H,1-2,7-8,12H2,3-4H3,(H,20,22)/b15-13+. The van der Waals surface area contributed by atoms with Crippen molar-refractivity contribution in [3.8, 4) is 0 Å². The molecule has 0 fully saturated rings. The zero-order valence-corrected chi connectivity index (χ0v) is 13.3. The van der Waals surface area contributed by atoms with Gasteiger partial charge in [-0.2, -0.15) is 0 Å². The summed E-state index contributed by atoms with van der Waals surface area (Å²) in [6, 6.07) is 3.37. The summed E-state index contributed by atoms with van der Waals surface area (Å²) in [5.41, 5.74) is 3.45. The predicted octanol–water partition coefficient (Wildman–Crippen LogP) is 2.95. The highest BCUT2D eigenvalue weighted by atomic mass is 16.3. The van der Waals surface area contributed by atoms with Gasteiger partial charge in [0.15, 0.2) is 0 Å². The van der Waals surface area contributed by atoms with Gasteiger partial charge in [-0.25, -0.2) is 0 Å². The second-order valence-electron chi connectivity index (χ2n) is 5.20. The molecule has 1 heterocycles.